The van der Waals surface area contributed by atoms with Gasteiger partial charge in [0.05, 0.1) is 12.5 Å². The Kier molecular flexibility index (Phi) is 5.79. The van der Waals surface area contributed by atoms with Crippen molar-refractivity contribution in [2.24, 2.45) is 0 Å². The SMILES string of the molecule is CCNC1CCCCCC1c1nc(CCOC)no1. The van der Waals surface area contributed by atoms with Gasteiger partial charge in [-0.1, -0.05) is 31.3 Å². The van der Waals surface area contributed by atoms with E-state index in [2.05, 4.69) is 22.4 Å². The van der Waals surface area contributed by atoms with Gasteiger partial charge in [0, 0.05) is 19.6 Å². The maximum Gasteiger partial charge on any atom is 0.231 e. The fraction of sp³-hybridized carbons (Fsp3) is 0.857. The topological polar surface area (TPSA) is 60.2 Å². The van der Waals surface area contributed by atoms with Crippen molar-refractivity contribution in [3.8, 4) is 0 Å². The molecule has 0 bridgehead atoms. The maximum atomic E-state index is 5.48. The highest BCUT2D eigenvalue weighted by atomic mass is 16.5. The smallest absolute Gasteiger partial charge is 0.231 e. The van der Waals surface area contributed by atoms with Gasteiger partial charge >= 0.3 is 0 Å². The first-order valence-corrected chi connectivity index (χ1v) is 7.40. The minimum atomic E-state index is 0.367. The molecule has 5 nitrogen and oxygen atoms in total. The molecule has 19 heavy (non-hydrogen) atoms. The van der Waals surface area contributed by atoms with Crippen LogP contribution < -0.4 is 5.32 Å². The van der Waals surface area contributed by atoms with Gasteiger partial charge in [0.15, 0.2) is 5.82 Å². The minimum Gasteiger partial charge on any atom is -0.384 e. The third-order valence-electron chi connectivity index (χ3n) is 3.81. The second-order valence-electron chi connectivity index (χ2n) is 5.20. The molecular formula is C14H25N3O2. The van der Waals surface area contributed by atoms with Gasteiger partial charge in [-0.2, -0.15) is 4.98 Å². The molecular weight excluding hydrogens is 242 g/mol. The Morgan fingerprint density at radius 3 is 2.95 bits per heavy atom. The number of hydrogen-bond acceptors (Lipinski definition) is 5. The first-order chi connectivity index (χ1) is 9.35. The second kappa shape index (κ2) is 7.60. The summed E-state index contributed by atoms with van der Waals surface area (Å²) in [6.07, 6.45) is 6.92. The van der Waals surface area contributed by atoms with Crippen molar-refractivity contribution in [1.82, 2.24) is 15.5 Å². The van der Waals surface area contributed by atoms with Gasteiger partial charge in [0.2, 0.25) is 5.89 Å². The van der Waals surface area contributed by atoms with Crippen molar-refractivity contribution in [3.63, 3.8) is 0 Å². The number of ether oxygens (including phenoxy) is 1. The van der Waals surface area contributed by atoms with E-state index in [-0.39, 0.29) is 0 Å². The van der Waals surface area contributed by atoms with Crippen LogP contribution in [-0.2, 0) is 11.2 Å². The van der Waals surface area contributed by atoms with Crippen LogP contribution in [0.3, 0.4) is 0 Å². The molecule has 1 aliphatic rings. The third-order valence-corrected chi connectivity index (χ3v) is 3.81. The number of nitrogens with zero attached hydrogens (tertiary/aromatic N) is 2. The fourth-order valence-corrected chi connectivity index (χ4v) is 2.82. The Labute approximate surface area is 115 Å². The minimum absolute atomic E-state index is 0.367. The predicted octanol–water partition coefficient (Wildman–Crippen LogP) is 2.28. The number of rotatable bonds is 6. The molecule has 1 fully saturated rings. The van der Waals surface area contributed by atoms with E-state index in [1.807, 2.05) is 0 Å². The lowest BCUT2D eigenvalue weighted by molar-refractivity contribution is 0.199. The summed E-state index contributed by atoms with van der Waals surface area (Å²) >= 11 is 0. The molecule has 2 rings (SSSR count). The van der Waals surface area contributed by atoms with Gasteiger partial charge in [-0.05, 0) is 19.4 Å². The van der Waals surface area contributed by atoms with Crippen LogP contribution in [0.2, 0.25) is 0 Å². The first-order valence-electron chi connectivity index (χ1n) is 7.40. The lowest BCUT2D eigenvalue weighted by Gasteiger charge is -2.22. The predicted molar refractivity (Wildman–Crippen MR) is 73.2 cm³/mol. The van der Waals surface area contributed by atoms with Gasteiger partial charge in [-0.3, -0.25) is 0 Å². The largest absolute Gasteiger partial charge is 0.384 e. The van der Waals surface area contributed by atoms with Crippen LogP contribution in [0.1, 0.15) is 56.7 Å². The van der Waals surface area contributed by atoms with Gasteiger partial charge in [-0.25, -0.2) is 0 Å². The summed E-state index contributed by atoms with van der Waals surface area (Å²) < 4.78 is 10.5. The van der Waals surface area contributed by atoms with Crippen LogP contribution in [-0.4, -0.2) is 36.4 Å². The van der Waals surface area contributed by atoms with E-state index in [0.29, 0.717) is 18.6 Å². The molecule has 2 atom stereocenters. The molecule has 108 valence electrons. The average molecular weight is 267 g/mol. The highest BCUT2D eigenvalue weighted by Gasteiger charge is 2.29. The lowest BCUT2D eigenvalue weighted by atomic mass is 9.94. The van der Waals surface area contributed by atoms with E-state index in [4.69, 9.17) is 9.26 Å². The summed E-state index contributed by atoms with van der Waals surface area (Å²) in [7, 11) is 1.69. The van der Waals surface area contributed by atoms with Crippen molar-refractivity contribution in [2.45, 2.75) is 57.4 Å². The van der Waals surface area contributed by atoms with Crippen LogP contribution >= 0.6 is 0 Å². The van der Waals surface area contributed by atoms with Crippen molar-refractivity contribution in [1.29, 1.82) is 0 Å². The van der Waals surface area contributed by atoms with Crippen LogP contribution in [0, 0.1) is 0 Å². The van der Waals surface area contributed by atoms with Crippen LogP contribution in [0.25, 0.3) is 0 Å². The van der Waals surface area contributed by atoms with E-state index in [0.717, 1.165) is 31.1 Å². The zero-order valence-corrected chi connectivity index (χ0v) is 12.0. The molecule has 1 saturated carbocycles. The number of hydrogen-bond donors (Lipinski definition) is 1. The van der Waals surface area contributed by atoms with Crippen LogP contribution in [0.5, 0.6) is 0 Å². The maximum absolute atomic E-state index is 5.48. The van der Waals surface area contributed by atoms with E-state index in [9.17, 15) is 0 Å². The van der Waals surface area contributed by atoms with E-state index in [1.54, 1.807) is 7.11 Å². The monoisotopic (exact) mass is 267 g/mol. The van der Waals surface area contributed by atoms with Gasteiger partial charge in [0.25, 0.3) is 0 Å². The number of nitrogens with one attached hydrogen (secondary N) is 1. The fourth-order valence-electron chi connectivity index (χ4n) is 2.82. The molecule has 0 spiro atoms. The summed E-state index contributed by atoms with van der Waals surface area (Å²) in [5.41, 5.74) is 0. The molecule has 1 aromatic heterocycles. The Bertz CT molecular complexity index is 367. The van der Waals surface area contributed by atoms with Gasteiger partial charge in [-0.15, -0.1) is 0 Å². The Hall–Kier alpha value is -0.940. The molecule has 2 unspecified atom stereocenters. The van der Waals surface area contributed by atoms with E-state index in [1.165, 1.54) is 25.7 Å². The van der Waals surface area contributed by atoms with Gasteiger partial charge in [0.1, 0.15) is 0 Å². The van der Waals surface area contributed by atoms with Crippen LogP contribution in [0.15, 0.2) is 4.52 Å². The molecule has 0 amide bonds. The van der Waals surface area contributed by atoms with Crippen molar-refractivity contribution < 1.29 is 9.26 Å². The van der Waals surface area contributed by atoms with E-state index >= 15 is 0 Å². The normalized spacial score (nSPS) is 24.3. The summed E-state index contributed by atoms with van der Waals surface area (Å²) in [6.45, 7) is 3.78. The summed E-state index contributed by atoms with van der Waals surface area (Å²) in [6, 6.07) is 0.475. The molecule has 0 aromatic carbocycles. The summed E-state index contributed by atoms with van der Waals surface area (Å²) in [5.74, 6) is 1.93. The van der Waals surface area contributed by atoms with Crippen molar-refractivity contribution >= 4 is 0 Å². The Morgan fingerprint density at radius 2 is 2.16 bits per heavy atom. The molecule has 0 aliphatic heterocycles. The number of likely N-dealkylation sites (N-methyl/N-ethyl adjacent to an activating group) is 1. The zero-order chi connectivity index (χ0) is 13.5. The van der Waals surface area contributed by atoms with Crippen molar-refractivity contribution in [3.05, 3.63) is 11.7 Å². The van der Waals surface area contributed by atoms with E-state index < -0.39 is 0 Å². The third kappa shape index (κ3) is 4.01. The zero-order valence-electron chi connectivity index (χ0n) is 12.0. The Balaban J connectivity index is 2.05. The quantitative estimate of drug-likeness (QED) is 0.801. The van der Waals surface area contributed by atoms with Gasteiger partial charge < -0.3 is 14.6 Å². The molecule has 0 radical (unpaired) electrons. The highest BCUT2D eigenvalue weighted by molar-refractivity contribution is 5.00. The Morgan fingerprint density at radius 1 is 1.32 bits per heavy atom. The second-order valence-corrected chi connectivity index (χ2v) is 5.20. The first kappa shape index (κ1) is 14.5. The standard InChI is InChI=1S/C14H25N3O2/c1-3-15-12-8-6-4-5-7-11(12)14-16-13(17-19-14)9-10-18-2/h11-12,15H,3-10H2,1-2H3. The molecule has 5 heteroatoms. The molecule has 1 aliphatic carbocycles. The summed E-state index contributed by atoms with van der Waals surface area (Å²) in [4.78, 5) is 4.55. The van der Waals surface area contributed by atoms with Crippen molar-refractivity contribution in [2.75, 3.05) is 20.3 Å². The molecule has 1 N–H and O–H groups in total. The lowest BCUT2D eigenvalue weighted by Crippen LogP contribution is -2.34. The molecule has 1 aromatic rings. The summed E-state index contributed by atoms with van der Waals surface area (Å²) in [5, 5.41) is 7.63. The molecule has 1 heterocycles. The molecule has 0 saturated heterocycles. The number of methoxy groups -OCH3 is 1. The average Bonchev–Trinajstić information content (AvgIpc) is 2.76. The van der Waals surface area contributed by atoms with Crippen LogP contribution in [0.4, 0.5) is 0 Å². The number of aromatic nitrogens is 2. The highest BCUT2D eigenvalue weighted by Crippen LogP contribution is 2.31.